The van der Waals surface area contributed by atoms with Crippen molar-refractivity contribution in [1.29, 1.82) is 0 Å². The van der Waals surface area contributed by atoms with Crippen molar-refractivity contribution >= 4 is 35.8 Å². The second kappa shape index (κ2) is 12.1. The average molecular weight is 535 g/mol. The summed E-state index contributed by atoms with van der Waals surface area (Å²) < 4.78 is 6.02. The first-order valence-corrected chi connectivity index (χ1v) is 11.2. The number of guanidine groups is 1. The van der Waals surface area contributed by atoms with Crippen molar-refractivity contribution in [3.63, 3.8) is 0 Å². The van der Waals surface area contributed by atoms with E-state index in [0.29, 0.717) is 13.1 Å². The maximum Gasteiger partial charge on any atom is 0.191 e. The smallest absolute Gasteiger partial charge is 0.191 e. The van der Waals surface area contributed by atoms with E-state index in [1.165, 1.54) is 25.7 Å². The monoisotopic (exact) mass is 535 g/mol. The molecule has 0 atom stereocenters. The van der Waals surface area contributed by atoms with Crippen LogP contribution in [0.5, 0.6) is 5.75 Å². The van der Waals surface area contributed by atoms with E-state index < -0.39 is 0 Å². The Morgan fingerprint density at radius 2 is 1.94 bits per heavy atom. The topological polar surface area (TPSA) is 61.8 Å². The molecule has 1 aromatic carbocycles. The summed E-state index contributed by atoms with van der Waals surface area (Å²) in [5.41, 5.74) is 2.27. The van der Waals surface area contributed by atoms with Crippen LogP contribution in [0.4, 0.5) is 5.82 Å². The molecule has 7 heteroatoms. The number of para-hydroxylation sites is 1. The molecule has 2 fully saturated rings. The molecule has 0 radical (unpaired) electrons. The number of hydrogen-bond donors (Lipinski definition) is 2. The van der Waals surface area contributed by atoms with Crippen molar-refractivity contribution in [2.45, 2.75) is 45.7 Å². The second-order valence-electron chi connectivity index (χ2n) is 8.13. The molecule has 1 aromatic heterocycles. The molecule has 1 saturated heterocycles. The summed E-state index contributed by atoms with van der Waals surface area (Å²) in [5.74, 6) is 3.59. The zero-order valence-corrected chi connectivity index (χ0v) is 20.7. The van der Waals surface area contributed by atoms with Crippen LogP contribution < -0.4 is 20.3 Å². The van der Waals surface area contributed by atoms with Gasteiger partial charge < -0.3 is 20.3 Å². The van der Waals surface area contributed by atoms with Gasteiger partial charge in [-0.1, -0.05) is 24.3 Å². The van der Waals surface area contributed by atoms with E-state index in [-0.39, 0.29) is 24.0 Å². The number of nitrogens with zero attached hydrogens (tertiary/aromatic N) is 3. The first-order chi connectivity index (χ1) is 14.8. The van der Waals surface area contributed by atoms with E-state index in [0.717, 1.165) is 60.8 Å². The number of benzene rings is 1. The lowest BCUT2D eigenvalue weighted by Crippen LogP contribution is -2.36. The van der Waals surface area contributed by atoms with Gasteiger partial charge in [0.1, 0.15) is 11.6 Å². The quantitative estimate of drug-likeness (QED) is 0.284. The van der Waals surface area contributed by atoms with Crippen LogP contribution in [0.3, 0.4) is 0 Å². The van der Waals surface area contributed by atoms with Gasteiger partial charge in [-0.05, 0) is 56.2 Å². The van der Waals surface area contributed by atoms with Gasteiger partial charge in [0, 0.05) is 37.9 Å². The first kappa shape index (κ1) is 23.6. The number of aliphatic imine (C=N–C) groups is 1. The Hall–Kier alpha value is -2.03. The van der Waals surface area contributed by atoms with Gasteiger partial charge in [0.15, 0.2) is 5.96 Å². The van der Waals surface area contributed by atoms with Crippen molar-refractivity contribution in [1.82, 2.24) is 15.6 Å². The molecule has 1 aliphatic carbocycles. The van der Waals surface area contributed by atoms with Crippen molar-refractivity contribution < 1.29 is 4.74 Å². The number of halogens is 1. The number of nitrogens with one attached hydrogen (secondary N) is 2. The summed E-state index contributed by atoms with van der Waals surface area (Å²) in [6.07, 6.45) is 7.07. The number of hydrogen-bond acceptors (Lipinski definition) is 4. The molecule has 0 unspecified atom stereocenters. The van der Waals surface area contributed by atoms with Gasteiger partial charge in [0.05, 0.1) is 13.2 Å². The number of ether oxygens (including phenoxy) is 1. The fourth-order valence-electron chi connectivity index (χ4n) is 3.62. The Morgan fingerprint density at radius 3 is 2.65 bits per heavy atom. The minimum Gasteiger partial charge on any atom is -0.493 e. The van der Waals surface area contributed by atoms with E-state index >= 15 is 0 Å². The highest BCUT2D eigenvalue weighted by molar-refractivity contribution is 14.0. The minimum atomic E-state index is 0. The predicted molar refractivity (Wildman–Crippen MR) is 137 cm³/mol. The molecular weight excluding hydrogens is 501 g/mol. The largest absolute Gasteiger partial charge is 0.493 e. The molecule has 168 valence electrons. The molecule has 4 rings (SSSR count). The van der Waals surface area contributed by atoms with Crippen molar-refractivity contribution in [3.05, 3.63) is 53.7 Å². The molecule has 2 aromatic rings. The van der Waals surface area contributed by atoms with Crippen LogP contribution >= 0.6 is 24.0 Å². The molecule has 0 spiro atoms. The molecule has 1 saturated carbocycles. The molecule has 0 bridgehead atoms. The Kier molecular flexibility index (Phi) is 9.24. The average Bonchev–Trinajstić information content (AvgIpc) is 3.45. The normalized spacial score (nSPS) is 16.0. The van der Waals surface area contributed by atoms with Gasteiger partial charge in [-0.25, -0.2) is 9.98 Å². The number of pyridine rings is 1. The molecule has 2 N–H and O–H groups in total. The number of rotatable bonds is 9. The summed E-state index contributed by atoms with van der Waals surface area (Å²) in [7, 11) is 0. The Balaban J connectivity index is 0.00000272. The molecule has 1 aliphatic heterocycles. The molecule has 0 amide bonds. The number of anilines is 1. The van der Waals surface area contributed by atoms with E-state index in [4.69, 9.17) is 9.73 Å². The molecular formula is C24H34IN5O. The van der Waals surface area contributed by atoms with Crippen molar-refractivity contribution in [2.24, 2.45) is 10.9 Å². The lowest BCUT2D eigenvalue weighted by Gasteiger charge is -2.16. The maximum atomic E-state index is 6.02. The molecule has 6 nitrogen and oxygen atoms in total. The van der Waals surface area contributed by atoms with E-state index in [9.17, 15) is 0 Å². The minimum absolute atomic E-state index is 0. The third-order valence-electron chi connectivity index (χ3n) is 5.59. The third-order valence-corrected chi connectivity index (χ3v) is 5.59. The summed E-state index contributed by atoms with van der Waals surface area (Å²) in [4.78, 5) is 11.7. The summed E-state index contributed by atoms with van der Waals surface area (Å²) >= 11 is 0. The fourth-order valence-corrected chi connectivity index (χ4v) is 3.62. The summed E-state index contributed by atoms with van der Waals surface area (Å²) in [5, 5.41) is 6.77. The van der Waals surface area contributed by atoms with Crippen LogP contribution in [-0.2, 0) is 13.1 Å². The highest BCUT2D eigenvalue weighted by Gasteiger charge is 2.22. The van der Waals surface area contributed by atoms with Gasteiger partial charge in [-0.3, -0.25) is 0 Å². The van der Waals surface area contributed by atoms with Crippen LogP contribution in [0.15, 0.2) is 47.6 Å². The lowest BCUT2D eigenvalue weighted by atomic mass is 10.2. The standard InChI is InChI=1S/C24H33N5O.HI/c1-2-25-24(27-16-20-11-12-23(26-15-20)29-13-5-6-14-29)28-17-21-7-3-4-8-22(21)30-18-19-9-10-19;/h3-4,7-8,11-12,15,19H,2,5-6,9-10,13-14,16-18H2,1H3,(H2,25,27,28);1H. The maximum absolute atomic E-state index is 6.02. The zero-order valence-electron chi connectivity index (χ0n) is 18.3. The van der Waals surface area contributed by atoms with Gasteiger partial charge in [-0.15, -0.1) is 24.0 Å². The van der Waals surface area contributed by atoms with Gasteiger partial charge in [-0.2, -0.15) is 0 Å². The van der Waals surface area contributed by atoms with Crippen LogP contribution in [0.2, 0.25) is 0 Å². The zero-order chi connectivity index (χ0) is 20.6. The Bertz CT molecular complexity index is 832. The van der Waals surface area contributed by atoms with E-state index in [1.807, 2.05) is 12.3 Å². The molecule has 31 heavy (non-hydrogen) atoms. The summed E-state index contributed by atoms with van der Waals surface area (Å²) in [6.45, 7) is 7.23. The van der Waals surface area contributed by atoms with Crippen LogP contribution in [0, 0.1) is 5.92 Å². The van der Waals surface area contributed by atoms with E-state index in [1.54, 1.807) is 0 Å². The highest BCUT2D eigenvalue weighted by atomic mass is 127. The van der Waals surface area contributed by atoms with Gasteiger partial charge in [0.2, 0.25) is 0 Å². The lowest BCUT2D eigenvalue weighted by molar-refractivity contribution is 0.296. The van der Waals surface area contributed by atoms with Crippen molar-refractivity contribution in [2.75, 3.05) is 31.1 Å². The number of aromatic nitrogens is 1. The highest BCUT2D eigenvalue weighted by Crippen LogP contribution is 2.30. The van der Waals surface area contributed by atoms with Gasteiger partial charge >= 0.3 is 0 Å². The van der Waals surface area contributed by atoms with Crippen LogP contribution in [0.25, 0.3) is 0 Å². The Labute approximate surface area is 202 Å². The van der Waals surface area contributed by atoms with Crippen LogP contribution in [0.1, 0.15) is 43.7 Å². The van der Waals surface area contributed by atoms with Gasteiger partial charge in [0.25, 0.3) is 0 Å². The van der Waals surface area contributed by atoms with E-state index in [2.05, 4.69) is 57.8 Å². The Morgan fingerprint density at radius 1 is 1.13 bits per heavy atom. The molecule has 2 heterocycles. The second-order valence-corrected chi connectivity index (χ2v) is 8.13. The predicted octanol–water partition coefficient (Wildman–Crippen LogP) is 4.34. The SMILES string of the molecule is CCNC(=NCc1ccc(N2CCCC2)nc1)NCc1ccccc1OCC1CC1.I. The van der Waals surface area contributed by atoms with Crippen LogP contribution in [-0.4, -0.2) is 37.2 Å². The summed E-state index contributed by atoms with van der Waals surface area (Å²) in [6, 6.07) is 12.5. The fraction of sp³-hybridized carbons (Fsp3) is 0.500. The first-order valence-electron chi connectivity index (χ1n) is 11.2. The third kappa shape index (κ3) is 7.26. The molecule has 2 aliphatic rings. The van der Waals surface area contributed by atoms with Crippen molar-refractivity contribution in [3.8, 4) is 5.75 Å².